The van der Waals surface area contributed by atoms with Crippen molar-refractivity contribution >= 4 is 35.3 Å². The molecule has 128 valence electrons. The minimum absolute atomic E-state index is 0.246. The molecule has 6 nitrogen and oxygen atoms in total. The first kappa shape index (κ1) is 18.4. The van der Waals surface area contributed by atoms with E-state index in [9.17, 15) is 19.2 Å². The molecule has 0 saturated carbocycles. The van der Waals surface area contributed by atoms with E-state index in [1.54, 1.807) is 24.3 Å². The van der Waals surface area contributed by atoms with Crippen LogP contribution in [0.15, 0.2) is 58.3 Å². The predicted molar refractivity (Wildman–Crippen MR) is 89.7 cm³/mol. The average Bonchev–Trinajstić information content (AvgIpc) is 2.66. The summed E-state index contributed by atoms with van der Waals surface area (Å²) < 4.78 is 8.79. The van der Waals surface area contributed by atoms with Gasteiger partial charge in [-0.1, -0.05) is 11.8 Å². The molecule has 0 spiro atoms. The molecule has 0 atom stereocenters. The Labute approximate surface area is 148 Å². The van der Waals surface area contributed by atoms with E-state index in [2.05, 4.69) is 9.47 Å². The van der Waals surface area contributed by atoms with Crippen LogP contribution in [0.2, 0.25) is 0 Å². The summed E-state index contributed by atoms with van der Waals surface area (Å²) in [6, 6.07) is 13.0. The van der Waals surface area contributed by atoms with Gasteiger partial charge in [0.15, 0.2) is 0 Å². The van der Waals surface area contributed by atoms with Gasteiger partial charge in [0.25, 0.3) is 11.6 Å². The van der Waals surface area contributed by atoms with Gasteiger partial charge in [0, 0.05) is 20.9 Å². The number of hydrogen-bond donors (Lipinski definition) is 0. The highest BCUT2D eigenvalue weighted by Crippen LogP contribution is 2.28. The van der Waals surface area contributed by atoms with Gasteiger partial charge in [-0.05, 0) is 48.5 Å². The fraction of sp³-hybridized carbons (Fsp3) is 0.111. The van der Waals surface area contributed by atoms with Crippen LogP contribution in [-0.2, 0) is 19.1 Å². The Morgan fingerprint density at radius 2 is 0.960 bits per heavy atom. The zero-order valence-electron chi connectivity index (χ0n) is 13.5. The molecule has 2 rings (SSSR count). The molecule has 25 heavy (non-hydrogen) atoms. The molecule has 0 radical (unpaired) electrons. The zero-order valence-corrected chi connectivity index (χ0v) is 14.3. The van der Waals surface area contributed by atoms with Crippen LogP contribution in [0, 0.1) is 0 Å². The third-order valence-corrected chi connectivity index (χ3v) is 4.23. The highest BCUT2D eigenvalue weighted by atomic mass is 32.2. The third kappa shape index (κ3) is 4.54. The maximum absolute atomic E-state index is 11.7. The van der Waals surface area contributed by atoms with E-state index in [0.29, 0.717) is 0 Å². The zero-order chi connectivity index (χ0) is 18.4. The Morgan fingerprint density at radius 1 is 0.640 bits per heavy atom. The average molecular weight is 358 g/mol. The second-order valence-corrected chi connectivity index (χ2v) is 5.94. The van der Waals surface area contributed by atoms with Gasteiger partial charge in [-0.2, -0.15) is 0 Å². The van der Waals surface area contributed by atoms with Crippen molar-refractivity contribution in [2.24, 2.45) is 0 Å². The van der Waals surface area contributed by atoms with E-state index in [1.165, 1.54) is 36.0 Å². The van der Waals surface area contributed by atoms with Gasteiger partial charge in [0.1, 0.15) is 0 Å². The highest BCUT2D eigenvalue weighted by Gasteiger charge is 2.17. The summed E-state index contributed by atoms with van der Waals surface area (Å²) in [4.78, 5) is 47.4. The number of ketones is 2. The number of Topliss-reactive ketones (excluding diaryl/α,β-unsaturated/α-hetero) is 2. The van der Waals surface area contributed by atoms with E-state index >= 15 is 0 Å². The Hall–Kier alpha value is -2.93. The summed E-state index contributed by atoms with van der Waals surface area (Å²) >= 11 is 1.40. The van der Waals surface area contributed by atoms with Crippen molar-refractivity contribution in [3.05, 3.63) is 59.7 Å². The lowest BCUT2D eigenvalue weighted by Crippen LogP contribution is -2.15. The van der Waals surface area contributed by atoms with Gasteiger partial charge in [0.2, 0.25) is 0 Å². The first-order valence-electron chi connectivity index (χ1n) is 7.09. The fourth-order valence-electron chi connectivity index (χ4n) is 1.91. The highest BCUT2D eigenvalue weighted by molar-refractivity contribution is 7.99. The van der Waals surface area contributed by atoms with Crippen LogP contribution in [0.4, 0.5) is 0 Å². The smallest absolute Gasteiger partial charge is 0.379 e. The molecule has 7 heteroatoms. The number of methoxy groups -OCH3 is 2. The Bertz CT molecular complexity index is 739. The topological polar surface area (TPSA) is 86.7 Å². The summed E-state index contributed by atoms with van der Waals surface area (Å²) in [5.74, 6) is -3.23. The summed E-state index contributed by atoms with van der Waals surface area (Å²) in [5, 5.41) is 0. The lowest BCUT2D eigenvalue weighted by Gasteiger charge is -2.04. The van der Waals surface area contributed by atoms with Crippen molar-refractivity contribution in [3.63, 3.8) is 0 Å². The monoisotopic (exact) mass is 358 g/mol. The number of carbonyl (C=O) groups excluding carboxylic acids is 4. The van der Waals surface area contributed by atoms with Crippen molar-refractivity contribution in [2.75, 3.05) is 14.2 Å². The Morgan fingerprint density at radius 3 is 1.24 bits per heavy atom. The van der Waals surface area contributed by atoms with Gasteiger partial charge in [-0.3, -0.25) is 9.59 Å². The minimum atomic E-state index is -0.911. The van der Waals surface area contributed by atoms with E-state index < -0.39 is 23.5 Å². The molecule has 0 aromatic heterocycles. The van der Waals surface area contributed by atoms with Crippen molar-refractivity contribution in [3.8, 4) is 0 Å². The molecule has 0 aliphatic heterocycles. The number of carbonyl (C=O) groups is 4. The normalized spacial score (nSPS) is 10.0. The number of rotatable bonds is 6. The molecule has 2 aromatic carbocycles. The van der Waals surface area contributed by atoms with Gasteiger partial charge in [-0.15, -0.1) is 0 Å². The van der Waals surface area contributed by atoms with Gasteiger partial charge in [0.05, 0.1) is 14.2 Å². The molecule has 2 aromatic rings. The first-order chi connectivity index (χ1) is 12.0. The van der Waals surface area contributed by atoms with E-state index in [1.807, 2.05) is 0 Å². The molecule has 0 aliphatic carbocycles. The van der Waals surface area contributed by atoms with Crippen molar-refractivity contribution in [2.45, 2.75) is 9.79 Å². The summed E-state index contributed by atoms with van der Waals surface area (Å²) in [5.41, 5.74) is 0.491. The molecule has 0 bridgehead atoms. The molecule has 0 N–H and O–H groups in total. The third-order valence-electron chi connectivity index (χ3n) is 3.21. The molecule has 0 fully saturated rings. The summed E-state index contributed by atoms with van der Waals surface area (Å²) in [6.07, 6.45) is 0. The first-order valence-corrected chi connectivity index (χ1v) is 7.91. The standard InChI is InChI=1S/C18H14O6S/c1-23-17(21)15(19)11-3-7-13(8-4-11)25-14-9-5-12(6-10-14)16(20)18(22)24-2/h3-10H,1-2H3. The Balaban J connectivity index is 2.07. The SMILES string of the molecule is COC(=O)C(=O)c1ccc(Sc2ccc(C(=O)C(=O)OC)cc2)cc1. The molecular formula is C18H14O6S. The number of benzene rings is 2. The molecule has 0 unspecified atom stereocenters. The van der Waals surface area contributed by atoms with E-state index in [-0.39, 0.29) is 11.1 Å². The largest absolute Gasteiger partial charge is 0.463 e. The van der Waals surface area contributed by atoms with Crippen molar-refractivity contribution in [1.29, 1.82) is 0 Å². The van der Waals surface area contributed by atoms with Crippen LogP contribution in [0.5, 0.6) is 0 Å². The summed E-state index contributed by atoms with van der Waals surface area (Å²) in [7, 11) is 2.30. The molecule has 0 heterocycles. The van der Waals surface area contributed by atoms with E-state index in [4.69, 9.17) is 0 Å². The van der Waals surface area contributed by atoms with Gasteiger partial charge >= 0.3 is 11.9 Å². The number of hydrogen-bond acceptors (Lipinski definition) is 7. The van der Waals surface area contributed by atoms with E-state index in [0.717, 1.165) is 24.0 Å². The second kappa shape index (κ2) is 8.25. The molecular weight excluding hydrogens is 344 g/mol. The quantitative estimate of drug-likeness (QED) is 0.445. The van der Waals surface area contributed by atoms with Crippen LogP contribution < -0.4 is 0 Å². The van der Waals surface area contributed by atoms with Crippen molar-refractivity contribution in [1.82, 2.24) is 0 Å². The van der Waals surface area contributed by atoms with Gasteiger partial charge < -0.3 is 9.47 Å². The van der Waals surface area contributed by atoms with Crippen LogP contribution in [0.3, 0.4) is 0 Å². The van der Waals surface area contributed by atoms with Crippen LogP contribution in [0.25, 0.3) is 0 Å². The maximum Gasteiger partial charge on any atom is 0.379 e. The fourth-order valence-corrected chi connectivity index (χ4v) is 2.72. The lowest BCUT2D eigenvalue weighted by molar-refractivity contribution is -0.135. The molecule has 0 amide bonds. The summed E-state index contributed by atoms with van der Waals surface area (Å²) in [6.45, 7) is 0. The number of esters is 2. The van der Waals surface area contributed by atoms with Crippen LogP contribution in [-0.4, -0.2) is 37.7 Å². The molecule has 0 aliphatic rings. The minimum Gasteiger partial charge on any atom is -0.463 e. The number of ether oxygens (including phenoxy) is 2. The predicted octanol–water partition coefficient (Wildman–Crippen LogP) is 2.55. The van der Waals surface area contributed by atoms with Crippen molar-refractivity contribution < 1.29 is 28.7 Å². The van der Waals surface area contributed by atoms with Crippen LogP contribution >= 0.6 is 11.8 Å². The van der Waals surface area contributed by atoms with Crippen LogP contribution in [0.1, 0.15) is 20.7 Å². The maximum atomic E-state index is 11.7. The second-order valence-electron chi connectivity index (χ2n) is 4.79. The Kier molecular flexibility index (Phi) is 6.08. The van der Waals surface area contributed by atoms with Gasteiger partial charge in [-0.25, -0.2) is 9.59 Å². The lowest BCUT2D eigenvalue weighted by atomic mass is 10.1. The molecule has 0 saturated heterocycles.